The van der Waals surface area contributed by atoms with E-state index >= 15 is 0 Å². The molecule has 0 saturated heterocycles. The highest BCUT2D eigenvalue weighted by Crippen LogP contribution is 2.26. The van der Waals surface area contributed by atoms with Gasteiger partial charge in [-0.2, -0.15) is 0 Å². The lowest BCUT2D eigenvalue weighted by Crippen LogP contribution is -2.25. The van der Waals surface area contributed by atoms with Crippen LogP contribution in [0.5, 0.6) is 0 Å². The Hall–Kier alpha value is -1.88. The first-order valence-electron chi connectivity index (χ1n) is 7.89. The Morgan fingerprint density at radius 1 is 1.27 bits per heavy atom. The Morgan fingerprint density at radius 3 is 2.77 bits per heavy atom. The second kappa shape index (κ2) is 8.54. The Balaban J connectivity index is 1.88. The van der Waals surface area contributed by atoms with E-state index in [0.29, 0.717) is 24.4 Å². The number of hydrogen-bond acceptors (Lipinski definition) is 3. The molecular weight excluding hydrogens is 280 g/mol. The maximum atomic E-state index is 12.1. The summed E-state index contributed by atoms with van der Waals surface area (Å²) < 4.78 is 4.94. The highest BCUT2D eigenvalue weighted by Gasteiger charge is 2.22. The van der Waals surface area contributed by atoms with Crippen molar-refractivity contribution < 1.29 is 14.3 Å². The van der Waals surface area contributed by atoms with Gasteiger partial charge in [0.25, 0.3) is 5.91 Å². The molecule has 0 radical (unpaired) electrons. The molecular formula is C17H24N2O3. The molecule has 1 aliphatic carbocycles. The van der Waals surface area contributed by atoms with Crippen LogP contribution in [0, 0.1) is 5.92 Å². The van der Waals surface area contributed by atoms with Crippen LogP contribution < -0.4 is 10.6 Å². The van der Waals surface area contributed by atoms with Gasteiger partial charge >= 0.3 is 0 Å². The zero-order valence-electron chi connectivity index (χ0n) is 13.1. The van der Waals surface area contributed by atoms with Gasteiger partial charge in [0.15, 0.2) is 0 Å². The number of carbonyl (C=O) groups excluding carboxylic acids is 2. The number of amides is 2. The monoisotopic (exact) mass is 304 g/mol. The standard InChI is InChI=1S/C17H24N2O3/c1-22-11-5-10-18-16(20)14-8-4-9-15(12-14)19-17(21)13-6-2-3-7-13/h4,8-9,12-13H,2-3,5-7,10-11H2,1H3,(H,18,20)(H,19,21). The summed E-state index contributed by atoms with van der Waals surface area (Å²) in [7, 11) is 1.64. The van der Waals surface area contributed by atoms with Crippen LogP contribution in [0.15, 0.2) is 24.3 Å². The Morgan fingerprint density at radius 2 is 2.05 bits per heavy atom. The van der Waals surface area contributed by atoms with E-state index in [1.54, 1.807) is 25.3 Å². The molecule has 2 rings (SSSR count). The zero-order chi connectivity index (χ0) is 15.8. The van der Waals surface area contributed by atoms with Gasteiger partial charge in [0.2, 0.25) is 5.91 Å². The van der Waals surface area contributed by atoms with E-state index in [0.717, 1.165) is 32.1 Å². The van der Waals surface area contributed by atoms with Crippen LogP contribution in [0.1, 0.15) is 42.5 Å². The van der Waals surface area contributed by atoms with Crippen molar-refractivity contribution in [2.45, 2.75) is 32.1 Å². The van der Waals surface area contributed by atoms with E-state index in [1.165, 1.54) is 0 Å². The summed E-state index contributed by atoms with van der Waals surface area (Å²) in [5.41, 5.74) is 1.24. The van der Waals surface area contributed by atoms with Gasteiger partial charge in [-0.25, -0.2) is 0 Å². The van der Waals surface area contributed by atoms with E-state index in [-0.39, 0.29) is 17.7 Å². The zero-order valence-corrected chi connectivity index (χ0v) is 13.1. The highest BCUT2D eigenvalue weighted by molar-refractivity contribution is 5.97. The molecule has 5 heteroatoms. The van der Waals surface area contributed by atoms with E-state index < -0.39 is 0 Å². The molecule has 1 aromatic rings. The number of carbonyl (C=O) groups is 2. The van der Waals surface area contributed by atoms with Crippen LogP contribution in [-0.4, -0.2) is 32.1 Å². The Labute approximate surface area is 131 Å². The molecule has 2 amide bonds. The fraction of sp³-hybridized carbons (Fsp3) is 0.529. The van der Waals surface area contributed by atoms with Crippen molar-refractivity contribution in [1.29, 1.82) is 0 Å². The fourth-order valence-electron chi connectivity index (χ4n) is 2.69. The number of benzene rings is 1. The molecule has 0 spiro atoms. The first kappa shape index (κ1) is 16.5. The number of methoxy groups -OCH3 is 1. The van der Waals surface area contributed by atoms with Crippen LogP contribution >= 0.6 is 0 Å². The molecule has 22 heavy (non-hydrogen) atoms. The maximum absolute atomic E-state index is 12.1. The highest BCUT2D eigenvalue weighted by atomic mass is 16.5. The maximum Gasteiger partial charge on any atom is 0.251 e. The van der Waals surface area contributed by atoms with Gasteiger partial charge in [0, 0.05) is 37.4 Å². The molecule has 0 bridgehead atoms. The summed E-state index contributed by atoms with van der Waals surface area (Å²) in [6.45, 7) is 1.20. The van der Waals surface area contributed by atoms with Gasteiger partial charge in [-0.1, -0.05) is 18.9 Å². The third-order valence-electron chi connectivity index (χ3n) is 3.93. The Bertz CT molecular complexity index is 510. The number of ether oxygens (including phenoxy) is 1. The lowest BCUT2D eigenvalue weighted by atomic mass is 10.1. The predicted octanol–water partition coefficient (Wildman–Crippen LogP) is 2.58. The summed E-state index contributed by atoms with van der Waals surface area (Å²) in [4.78, 5) is 24.2. The van der Waals surface area contributed by atoms with Crippen molar-refractivity contribution >= 4 is 17.5 Å². The lowest BCUT2D eigenvalue weighted by molar-refractivity contribution is -0.119. The largest absolute Gasteiger partial charge is 0.385 e. The van der Waals surface area contributed by atoms with Gasteiger partial charge in [-0.15, -0.1) is 0 Å². The van der Waals surface area contributed by atoms with Gasteiger partial charge < -0.3 is 15.4 Å². The Kier molecular flexibility index (Phi) is 6.40. The van der Waals surface area contributed by atoms with Crippen LogP contribution in [0.4, 0.5) is 5.69 Å². The summed E-state index contributed by atoms with van der Waals surface area (Å²) in [5, 5.41) is 5.75. The lowest BCUT2D eigenvalue weighted by Gasteiger charge is -2.11. The number of hydrogen-bond donors (Lipinski definition) is 2. The quantitative estimate of drug-likeness (QED) is 0.761. The molecule has 0 aliphatic heterocycles. The van der Waals surface area contributed by atoms with Crippen molar-refractivity contribution in [2.24, 2.45) is 5.92 Å². The molecule has 120 valence electrons. The minimum absolute atomic E-state index is 0.0650. The SMILES string of the molecule is COCCCNC(=O)c1cccc(NC(=O)C2CCCC2)c1. The molecule has 0 unspecified atom stereocenters. The molecule has 2 N–H and O–H groups in total. The topological polar surface area (TPSA) is 67.4 Å². The van der Waals surface area contributed by atoms with Crippen molar-refractivity contribution in [2.75, 3.05) is 25.6 Å². The average molecular weight is 304 g/mol. The van der Waals surface area contributed by atoms with Crippen LogP contribution in [0.2, 0.25) is 0 Å². The molecule has 1 saturated carbocycles. The molecule has 0 aromatic heterocycles. The number of nitrogens with one attached hydrogen (secondary N) is 2. The van der Waals surface area contributed by atoms with E-state index in [9.17, 15) is 9.59 Å². The molecule has 1 aliphatic rings. The minimum Gasteiger partial charge on any atom is -0.385 e. The predicted molar refractivity (Wildman–Crippen MR) is 85.9 cm³/mol. The van der Waals surface area contributed by atoms with Crippen molar-refractivity contribution in [3.05, 3.63) is 29.8 Å². The van der Waals surface area contributed by atoms with Crippen molar-refractivity contribution in [1.82, 2.24) is 5.32 Å². The molecule has 1 aromatic carbocycles. The van der Waals surface area contributed by atoms with Gasteiger partial charge in [-0.3, -0.25) is 9.59 Å². The summed E-state index contributed by atoms with van der Waals surface area (Å²) in [6, 6.07) is 7.07. The third kappa shape index (κ3) is 4.84. The second-order valence-electron chi connectivity index (χ2n) is 5.65. The first-order valence-corrected chi connectivity index (χ1v) is 7.89. The summed E-state index contributed by atoms with van der Waals surface area (Å²) in [5.74, 6) is 0.0507. The van der Waals surface area contributed by atoms with Gasteiger partial charge in [0.05, 0.1) is 0 Å². The smallest absolute Gasteiger partial charge is 0.251 e. The van der Waals surface area contributed by atoms with Gasteiger partial charge in [0.1, 0.15) is 0 Å². The number of rotatable bonds is 7. The molecule has 1 fully saturated rings. The second-order valence-corrected chi connectivity index (χ2v) is 5.65. The minimum atomic E-state index is -0.131. The first-order chi connectivity index (χ1) is 10.7. The third-order valence-corrected chi connectivity index (χ3v) is 3.93. The number of anilines is 1. The van der Waals surface area contributed by atoms with Gasteiger partial charge in [-0.05, 0) is 37.5 Å². The van der Waals surface area contributed by atoms with Crippen molar-refractivity contribution in [3.8, 4) is 0 Å². The van der Waals surface area contributed by atoms with Crippen LogP contribution in [0.3, 0.4) is 0 Å². The summed E-state index contributed by atoms with van der Waals surface area (Å²) >= 11 is 0. The fourth-order valence-corrected chi connectivity index (χ4v) is 2.69. The normalized spacial score (nSPS) is 14.8. The average Bonchev–Trinajstić information content (AvgIpc) is 3.06. The van der Waals surface area contributed by atoms with E-state index in [4.69, 9.17) is 4.74 Å². The molecule has 0 atom stereocenters. The van der Waals surface area contributed by atoms with Crippen LogP contribution in [-0.2, 0) is 9.53 Å². The van der Waals surface area contributed by atoms with E-state index in [2.05, 4.69) is 10.6 Å². The molecule has 0 heterocycles. The molecule has 5 nitrogen and oxygen atoms in total. The summed E-state index contributed by atoms with van der Waals surface area (Å²) in [6.07, 6.45) is 4.96. The van der Waals surface area contributed by atoms with Crippen LogP contribution in [0.25, 0.3) is 0 Å². The van der Waals surface area contributed by atoms with E-state index in [1.807, 2.05) is 6.07 Å². The van der Waals surface area contributed by atoms with Crippen molar-refractivity contribution in [3.63, 3.8) is 0 Å².